The number of allylic oxidation sites excluding steroid dienone is 1. The number of carbonyl (C=O) groups excluding carboxylic acids is 1. The van der Waals surface area contributed by atoms with Gasteiger partial charge in [0, 0.05) is 5.56 Å². The molecule has 1 heterocycles. The van der Waals surface area contributed by atoms with Crippen molar-refractivity contribution in [3.63, 3.8) is 0 Å². The fourth-order valence-electron chi connectivity index (χ4n) is 2.17. The Hall–Kier alpha value is -2.76. The molecule has 148 valence electrons. The molecule has 0 saturated carbocycles. The predicted molar refractivity (Wildman–Crippen MR) is 80.6 cm³/mol. The number of amides is 1. The topological polar surface area (TPSA) is 88.2 Å². The van der Waals surface area contributed by atoms with Gasteiger partial charge in [0.25, 0.3) is 0 Å². The lowest BCUT2D eigenvalue weighted by Gasteiger charge is -2.30. The van der Waals surface area contributed by atoms with Crippen LogP contribution < -0.4 is 10.5 Å². The van der Waals surface area contributed by atoms with Crippen molar-refractivity contribution in [1.29, 1.82) is 0 Å². The first-order chi connectivity index (χ1) is 12.4. The molecule has 0 saturated heterocycles. The van der Waals surface area contributed by atoms with Gasteiger partial charge in [-0.05, 0) is 36.4 Å². The molecule has 27 heavy (non-hydrogen) atoms. The quantitative estimate of drug-likeness (QED) is 0.744. The Labute approximate surface area is 148 Å². The molecular weight excluding hydrogens is 384 g/mol. The van der Waals surface area contributed by atoms with Gasteiger partial charge in [-0.3, -0.25) is 9.80 Å². The zero-order valence-corrected chi connectivity index (χ0v) is 13.3. The largest absolute Gasteiger partial charge is 0.573 e. The lowest BCUT2D eigenvalue weighted by atomic mass is 10.1. The number of nitrogens with zero attached hydrogens (tertiary/aromatic N) is 2. The Morgan fingerprint density at radius 1 is 1.22 bits per heavy atom. The zero-order valence-electron chi connectivity index (χ0n) is 13.3. The van der Waals surface area contributed by atoms with Crippen molar-refractivity contribution in [3.8, 4) is 5.75 Å². The second-order valence-corrected chi connectivity index (χ2v) is 5.44. The lowest BCUT2D eigenvalue weighted by Crippen LogP contribution is -2.48. The number of carbonyl (C=O) groups is 1. The van der Waals surface area contributed by atoms with Crippen LogP contribution in [0.2, 0.25) is 0 Å². The number of nitrogens with two attached hydrogens (primary N) is 1. The van der Waals surface area contributed by atoms with Crippen LogP contribution in [0, 0.1) is 0 Å². The average Bonchev–Trinajstić information content (AvgIpc) is 2.53. The number of ether oxygens (including phenoxy) is 1. The van der Waals surface area contributed by atoms with Crippen LogP contribution in [0.4, 0.5) is 26.3 Å². The molecule has 1 aromatic rings. The van der Waals surface area contributed by atoms with E-state index in [-0.39, 0.29) is 11.3 Å². The Morgan fingerprint density at radius 2 is 1.81 bits per heavy atom. The third-order valence-corrected chi connectivity index (χ3v) is 3.41. The maximum atomic E-state index is 12.6. The lowest BCUT2D eigenvalue weighted by molar-refractivity contribution is -0.274. The van der Waals surface area contributed by atoms with Crippen molar-refractivity contribution < 1.29 is 41.0 Å². The molecule has 2 unspecified atom stereocenters. The summed E-state index contributed by atoms with van der Waals surface area (Å²) in [7, 11) is 0. The number of benzene rings is 1. The van der Waals surface area contributed by atoms with Crippen LogP contribution in [0.5, 0.6) is 5.75 Å². The molecule has 1 aliphatic heterocycles. The van der Waals surface area contributed by atoms with E-state index in [0.717, 1.165) is 12.1 Å². The molecule has 2 rings (SSSR count). The highest BCUT2D eigenvalue weighted by Crippen LogP contribution is 2.25. The highest BCUT2D eigenvalue weighted by molar-refractivity contribution is 6.09. The fourth-order valence-corrected chi connectivity index (χ4v) is 2.17. The smallest absolute Gasteiger partial charge is 0.406 e. The summed E-state index contributed by atoms with van der Waals surface area (Å²) >= 11 is 0. The van der Waals surface area contributed by atoms with E-state index in [1.54, 1.807) is 0 Å². The number of hydrogen-bond donors (Lipinski definition) is 2. The number of hydrogen-bond acceptors (Lipinski definition) is 5. The number of β-amino-alcohol motifs (C(OH)–C–C–N with tert-alkyl or cyclic N) is 1. The Morgan fingerprint density at radius 3 is 2.30 bits per heavy atom. The van der Waals surface area contributed by atoms with Gasteiger partial charge in [0.2, 0.25) is 5.91 Å². The number of aliphatic hydroxyl groups is 1. The molecular formula is C15H13F6N3O3. The van der Waals surface area contributed by atoms with Crippen molar-refractivity contribution in [2.75, 3.05) is 6.54 Å². The summed E-state index contributed by atoms with van der Waals surface area (Å²) in [6.07, 6.45) is -10.1. The van der Waals surface area contributed by atoms with Gasteiger partial charge in [-0.1, -0.05) is 0 Å². The second kappa shape index (κ2) is 7.47. The van der Waals surface area contributed by atoms with E-state index in [2.05, 4.69) is 9.84 Å². The molecule has 6 nitrogen and oxygen atoms in total. The molecule has 0 bridgehead atoms. The summed E-state index contributed by atoms with van der Waals surface area (Å²) in [5, 5.41) is 13.7. The standard InChI is InChI=1S/C15H13F6N3O3/c16-14(17,18)12(25)7-24-11(13(22)26)6-5-10(23-24)8-1-3-9(4-2-8)27-15(19,20)21/h1-6,11-12,25H,7H2,(H2,22,26). The molecule has 1 amide bonds. The van der Waals surface area contributed by atoms with E-state index in [1.807, 2.05) is 0 Å². The normalized spacial score (nSPS) is 18.9. The number of hydrazone groups is 1. The first-order valence-corrected chi connectivity index (χ1v) is 7.30. The van der Waals surface area contributed by atoms with Gasteiger partial charge in [-0.2, -0.15) is 18.3 Å². The average molecular weight is 397 g/mol. The molecule has 2 atom stereocenters. The van der Waals surface area contributed by atoms with Gasteiger partial charge in [0.15, 0.2) is 6.10 Å². The van der Waals surface area contributed by atoms with Crippen LogP contribution in [-0.4, -0.2) is 53.0 Å². The Balaban J connectivity index is 2.24. The van der Waals surface area contributed by atoms with E-state index in [9.17, 15) is 36.2 Å². The third kappa shape index (κ3) is 5.61. The number of alkyl halides is 6. The predicted octanol–water partition coefficient (Wildman–Crippen LogP) is 1.94. The summed E-state index contributed by atoms with van der Waals surface area (Å²) in [5.41, 5.74) is 5.42. The van der Waals surface area contributed by atoms with Crippen molar-refractivity contribution >= 4 is 11.6 Å². The van der Waals surface area contributed by atoms with Gasteiger partial charge in [0.05, 0.1) is 12.3 Å². The SMILES string of the molecule is NC(=O)C1C=CC(c2ccc(OC(F)(F)F)cc2)=NN1CC(O)C(F)(F)F. The highest BCUT2D eigenvalue weighted by atomic mass is 19.4. The number of primary amides is 1. The summed E-state index contributed by atoms with van der Waals surface area (Å²) in [6, 6.07) is 3.07. The van der Waals surface area contributed by atoms with Crippen molar-refractivity contribution in [3.05, 3.63) is 42.0 Å². The van der Waals surface area contributed by atoms with Crippen LogP contribution in [-0.2, 0) is 4.79 Å². The summed E-state index contributed by atoms with van der Waals surface area (Å²) in [6.45, 7) is -1.06. The first-order valence-electron chi connectivity index (χ1n) is 7.30. The molecule has 0 aromatic heterocycles. The molecule has 0 radical (unpaired) electrons. The first kappa shape index (κ1) is 20.6. The summed E-state index contributed by atoms with van der Waals surface area (Å²) in [5.74, 6) is -1.48. The molecule has 1 aliphatic rings. The number of rotatable bonds is 5. The molecule has 1 aromatic carbocycles. The molecule has 0 spiro atoms. The van der Waals surface area contributed by atoms with E-state index in [4.69, 9.17) is 5.73 Å². The monoisotopic (exact) mass is 397 g/mol. The summed E-state index contributed by atoms with van der Waals surface area (Å²) in [4.78, 5) is 11.4. The molecule has 0 aliphatic carbocycles. The Bertz CT molecular complexity index is 743. The van der Waals surface area contributed by atoms with E-state index in [1.165, 1.54) is 24.3 Å². The summed E-state index contributed by atoms with van der Waals surface area (Å²) < 4.78 is 77.9. The minimum absolute atomic E-state index is 0.0560. The highest BCUT2D eigenvalue weighted by Gasteiger charge is 2.41. The minimum Gasteiger partial charge on any atom is -0.406 e. The van der Waals surface area contributed by atoms with E-state index < -0.39 is 42.9 Å². The van der Waals surface area contributed by atoms with E-state index >= 15 is 0 Å². The van der Waals surface area contributed by atoms with Crippen molar-refractivity contribution in [2.24, 2.45) is 10.8 Å². The third-order valence-electron chi connectivity index (χ3n) is 3.41. The van der Waals surface area contributed by atoms with E-state index in [0.29, 0.717) is 5.01 Å². The van der Waals surface area contributed by atoms with Crippen LogP contribution in [0.25, 0.3) is 0 Å². The number of aliphatic hydroxyl groups excluding tert-OH is 1. The molecule has 3 N–H and O–H groups in total. The van der Waals surface area contributed by atoms with Gasteiger partial charge in [0.1, 0.15) is 11.8 Å². The second-order valence-electron chi connectivity index (χ2n) is 5.44. The maximum Gasteiger partial charge on any atom is 0.573 e. The fraction of sp³-hybridized carbons (Fsp3) is 0.333. The van der Waals surface area contributed by atoms with Crippen LogP contribution in [0.1, 0.15) is 5.56 Å². The minimum atomic E-state index is -4.93. The van der Waals surface area contributed by atoms with Gasteiger partial charge < -0.3 is 15.6 Å². The van der Waals surface area contributed by atoms with Gasteiger partial charge in [-0.25, -0.2) is 0 Å². The van der Waals surface area contributed by atoms with Crippen molar-refractivity contribution in [1.82, 2.24) is 5.01 Å². The molecule has 0 fully saturated rings. The zero-order chi connectivity index (χ0) is 20.4. The van der Waals surface area contributed by atoms with Crippen LogP contribution in [0.3, 0.4) is 0 Å². The molecule has 12 heteroatoms. The Kier molecular flexibility index (Phi) is 5.68. The van der Waals surface area contributed by atoms with Gasteiger partial charge >= 0.3 is 12.5 Å². The van der Waals surface area contributed by atoms with Crippen LogP contribution in [0.15, 0.2) is 41.5 Å². The maximum absolute atomic E-state index is 12.6. The van der Waals surface area contributed by atoms with Crippen molar-refractivity contribution in [2.45, 2.75) is 24.7 Å². The van der Waals surface area contributed by atoms with Crippen LogP contribution >= 0.6 is 0 Å². The van der Waals surface area contributed by atoms with Gasteiger partial charge in [-0.15, -0.1) is 13.2 Å². The number of halogens is 6.